The predicted molar refractivity (Wildman–Crippen MR) is 56.7 cm³/mol. The Labute approximate surface area is 90.2 Å². The molecule has 1 atom stereocenters. The summed E-state index contributed by atoms with van der Waals surface area (Å²) in [6, 6.07) is 7.70. The van der Waals surface area contributed by atoms with Gasteiger partial charge in [0.15, 0.2) is 16.3 Å². The normalized spacial score (nSPS) is 18.8. The molecule has 1 aromatic rings. The minimum Gasteiger partial charge on any atom is -0.383 e. The molecular formula is C10H8BrNO2. The fraction of sp³-hybridized carbons (Fsp3) is 0.200. The second-order valence-electron chi connectivity index (χ2n) is 3.07. The van der Waals surface area contributed by atoms with Crippen molar-refractivity contribution in [1.29, 1.82) is 0 Å². The Bertz CT molecular complexity index is 389. The van der Waals surface area contributed by atoms with Gasteiger partial charge in [0.2, 0.25) is 0 Å². The lowest BCUT2D eigenvalue weighted by Gasteiger charge is -2.17. The molecule has 0 aromatic heterocycles. The molecule has 0 fully saturated rings. The summed E-state index contributed by atoms with van der Waals surface area (Å²) < 4.78 is 4.55. The monoisotopic (exact) mass is 253 g/mol. The van der Waals surface area contributed by atoms with Crippen molar-refractivity contribution >= 4 is 28.4 Å². The number of hydrogen-bond acceptors (Lipinski definition) is 3. The van der Waals surface area contributed by atoms with E-state index in [1.165, 1.54) is 0 Å². The molecule has 1 aromatic carbocycles. The predicted octanol–water partition coefficient (Wildman–Crippen LogP) is 2.06. The zero-order valence-corrected chi connectivity index (χ0v) is 8.90. The van der Waals surface area contributed by atoms with Gasteiger partial charge in [0.05, 0.1) is 6.54 Å². The maximum atomic E-state index is 11.4. The number of nitrogens with zero attached hydrogens (tertiary/aromatic N) is 1. The molecule has 0 aliphatic carbocycles. The molecule has 1 aliphatic heterocycles. The number of carbonyl (C=O) groups excluding carboxylic acids is 1. The van der Waals surface area contributed by atoms with E-state index in [0.717, 1.165) is 11.1 Å². The van der Waals surface area contributed by atoms with Crippen molar-refractivity contribution < 1.29 is 8.62 Å². The number of halogens is 1. The molecule has 2 rings (SSSR count). The van der Waals surface area contributed by atoms with Gasteiger partial charge in [-0.15, -0.1) is 0 Å². The minimum absolute atomic E-state index is 0.282. The Morgan fingerprint density at radius 2 is 2.29 bits per heavy atom. The van der Waals surface area contributed by atoms with Crippen molar-refractivity contribution in [1.82, 2.24) is 0 Å². The van der Waals surface area contributed by atoms with Crippen LogP contribution in [-0.4, -0.2) is 18.7 Å². The summed E-state index contributed by atoms with van der Waals surface area (Å²) in [7, 11) is 0. The first-order valence-electron chi connectivity index (χ1n) is 4.24. The molecule has 3 nitrogen and oxygen atoms in total. The molecule has 0 saturated carbocycles. The van der Waals surface area contributed by atoms with Crippen LogP contribution in [0.1, 0.15) is 17.0 Å². The van der Waals surface area contributed by atoms with Crippen molar-refractivity contribution in [2.45, 2.75) is 5.92 Å². The van der Waals surface area contributed by atoms with Gasteiger partial charge in [0.1, 0.15) is 5.92 Å². The van der Waals surface area contributed by atoms with Crippen molar-refractivity contribution in [3.8, 4) is 0 Å². The van der Waals surface area contributed by atoms with Crippen LogP contribution in [0.15, 0.2) is 29.3 Å². The van der Waals surface area contributed by atoms with Crippen LogP contribution in [0.3, 0.4) is 0 Å². The van der Waals surface area contributed by atoms with Gasteiger partial charge >= 0.3 is 5.97 Å². The Kier molecular flexibility index (Phi) is 2.63. The summed E-state index contributed by atoms with van der Waals surface area (Å²) >= 11 is 2.70. The molecule has 0 radical (unpaired) electrons. The van der Waals surface area contributed by atoms with E-state index in [9.17, 15) is 4.79 Å². The van der Waals surface area contributed by atoms with Crippen LogP contribution >= 0.6 is 16.3 Å². The molecule has 14 heavy (non-hydrogen) atoms. The van der Waals surface area contributed by atoms with E-state index in [1.807, 2.05) is 24.3 Å². The van der Waals surface area contributed by atoms with Crippen molar-refractivity contribution in [3.05, 3.63) is 35.4 Å². The maximum Gasteiger partial charge on any atom is 0.326 e. The standard InChI is InChI=1S/C10H8BrNO2/c11-14-10(13)9-6-12-5-7-3-1-2-4-8(7)9/h1-5,9H,6H2. The van der Waals surface area contributed by atoms with Gasteiger partial charge < -0.3 is 3.83 Å². The zero-order chi connectivity index (χ0) is 9.97. The summed E-state index contributed by atoms with van der Waals surface area (Å²) in [6.45, 7) is 0.460. The lowest BCUT2D eigenvalue weighted by Crippen LogP contribution is -2.20. The average molecular weight is 254 g/mol. The van der Waals surface area contributed by atoms with Crippen LogP contribution in [0.5, 0.6) is 0 Å². The van der Waals surface area contributed by atoms with E-state index < -0.39 is 0 Å². The Morgan fingerprint density at radius 1 is 1.50 bits per heavy atom. The first-order valence-corrected chi connectivity index (χ1v) is 4.89. The van der Waals surface area contributed by atoms with Gasteiger partial charge in [-0.05, 0) is 11.1 Å². The van der Waals surface area contributed by atoms with Gasteiger partial charge in [-0.3, -0.25) is 9.79 Å². The van der Waals surface area contributed by atoms with Crippen molar-refractivity contribution in [3.63, 3.8) is 0 Å². The van der Waals surface area contributed by atoms with Gasteiger partial charge in [-0.25, -0.2) is 0 Å². The fourth-order valence-corrected chi connectivity index (χ4v) is 1.78. The highest BCUT2D eigenvalue weighted by Crippen LogP contribution is 2.24. The molecule has 1 aliphatic rings. The summed E-state index contributed by atoms with van der Waals surface area (Å²) in [6.07, 6.45) is 1.79. The lowest BCUT2D eigenvalue weighted by molar-refractivity contribution is -0.133. The van der Waals surface area contributed by atoms with Gasteiger partial charge in [-0.2, -0.15) is 0 Å². The summed E-state index contributed by atoms with van der Waals surface area (Å²) in [5, 5.41) is 0. The van der Waals surface area contributed by atoms with Crippen molar-refractivity contribution in [2.75, 3.05) is 6.54 Å². The van der Waals surface area contributed by atoms with Crippen molar-refractivity contribution in [2.24, 2.45) is 4.99 Å². The topological polar surface area (TPSA) is 38.7 Å². The van der Waals surface area contributed by atoms with E-state index in [-0.39, 0.29) is 11.9 Å². The highest BCUT2D eigenvalue weighted by Gasteiger charge is 2.25. The first kappa shape index (κ1) is 9.40. The molecule has 0 amide bonds. The molecule has 72 valence electrons. The molecule has 0 spiro atoms. The highest BCUT2D eigenvalue weighted by atomic mass is 79.9. The van der Waals surface area contributed by atoms with E-state index in [2.05, 4.69) is 25.1 Å². The Balaban J connectivity index is 2.40. The highest BCUT2D eigenvalue weighted by molar-refractivity contribution is 9.06. The third-order valence-corrected chi connectivity index (χ3v) is 2.57. The van der Waals surface area contributed by atoms with Gasteiger partial charge in [0.25, 0.3) is 0 Å². The summed E-state index contributed by atoms with van der Waals surface area (Å²) in [5.41, 5.74) is 1.97. The SMILES string of the molecule is O=C(OBr)C1CN=Cc2ccccc21. The van der Waals surface area contributed by atoms with Gasteiger partial charge in [-0.1, -0.05) is 24.3 Å². The van der Waals surface area contributed by atoms with E-state index in [4.69, 9.17) is 0 Å². The molecule has 1 heterocycles. The first-order chi connectivity index (χ1) is 6.83. The van der Waals surface area contributed by atoms with E-state index >= 15 is 0 Å². The van der Waals surface area contributed by atoms with Crippen LogP contribution in [0.4, 0.5) is 0 Å². The van der Waals surface area contributed by atoms with Gasteiger partial charge in [0, 0.05) is 6.21 Å². The van der Waals surface area contributed by atoms with Crippen LogP contribution < -0.4 is 0 Å². The number of benzene rings is 1. The van der Waals surface area contributed by atoms with Crippen LogP contribution in [-0.2, 0) is 8.62 Å². The summed E-state index contributed by atoms with van der Waals surface area (Å²) in [4.78, 5) is 15.5. The summed E-state index contributed by atoms with van der Waals surface area (Å²) in [5.74, 6) is -0.579. The second kappa shape index (κ2) is 3.92. The minimum atomic E-state index is -0.297. The smallest absolute Gasteiger partial charge is 0.326 e. The number of aliphatic imine (C=N–C) groups is 1. The largest absolute Gasteiger partial charge is 0.383 e. The van der Waals surface area contributed by atoms with Crippen LogP contribution in [0, 0.1) is 0 Å². The molecule has 0 N–H and O–H groups in total. The molecule has 4 heteroatoms. The number of rotatable bonds is 1. The molecular weight excluding hydrogens is 246 g/mol. The molecule has 0 saturated heterocycles. The maximum absolute atomic E-state index is 11.4. The zero-order valence-electron chi connectivity index (χ0n) is 7.31. The average Bonchev–Trinajstić information content (AvgIpc) is 2.27. The lowest BCUT2D eigenvalue weighted by atomic mass is 9.93. The second-order valence-corrected chi connectivity index (χ2v) is 3.40. The van der Waals surface area contributed by atoms with E-state index in [0.29, 0.717) is 6.54 Å². The number of fused-ring (bicyclic) bond motifs is 1. The third kappa shape index (κ3) is 1.57. The van der Waals surface area contributed by atoms with Crippen LogP contribution in [0.2, 0.25) is 0 Å². The Morgan fingerprint density at radius 3 is 3.07 bits per heavy atom. The quantitative estimate of drug-likeness (QED) is 0.769. The molecule has 0 bridgehead atoms. The Hall–Kier alpha value is -1.16. The van der Waals surface area contributed by atoms with E-state index in [1.54, 1.807) is 6.21 Å². The number of hydrogen-bond donors (Lipinski definition) is 0. The number of carbonyl (C=O) groups is 1. The van der Waals surface area contributed by atoms with Crippen LogP contribution in [0.25, 0.3) is 0 Å². The fourth-order valence-electron chi connectivity index (χ4n) is 1.56. The molecule has 1 unspecified atom stereocenters. The third-order valence-electron chi connectivity index (χ3n) is 2.25.